The maximum atomic E-state index is 5.86. The molecule has 106 valence electrons. The first-order valence-corrected chi connectivity index (χ1v) is 8.00. The molecule has 2 N–H and O–H groups in total. The second kappa shape index (κ2) is 7.72. The third kappa shape index (κ3) is 5.00. The molecule has 0 amide bonds. The van der Waals surface area contributed by atoms with Crippen molar-refractivity contribution >= 4 is 35.3 Å². The van der Waals surface area contributed by atoms with Crippen LogP contribution in [-0.4, -0.2) is 64.1 Å². The van der Waals surface area contributed by atoms with Crippen LogP contribution in [0.2, 0.25) is 5.28 Å². The van der Waals surface area contributed by atoms with Crippen molar-refractivity contribution in [1.82, 2.24) is 19.9 Å². The van der Waals surface area contributed by atoms with E-state index in [0.29, 0.717) is 11.9 Å². The first-order valence-electron chi connectivity index (χ1n) is 6.47. The molecule has 1 aromatic rings. The Labute approximate surface area is 122 Å². The Morgan fingerprint density at radius 2 is 1.84 bits per heavy atom. The minimum absolute atomic E-state index is 0.211. The number of nitrogens with one attached hydrogen (secondary N) is 2. The highest BCUT2D eigenvalue weighted by Crippen LogP contribution is 2.10. The summed E-state index contributed by atoms with van der Waals surface area (Å²) in [4.78, 5) is 14.8. The number of thioether (sulfide) groups is 1. The average molecular weight is 303 g/mol. The summed E-state index contributed by atoms with van der Waals surface area (Å²) in [6, 6.07) is 0. The van der Waals surface area contributed by atoms with Crippen molar-refractivity contribution in [2.75, 3.05) is 54.9 Å². The van der Waals surface area contributed by atoms with Gasteiger partial charge in [0.2, 0.25) is 17.2 Å². The van der Waals surface area contributed by atoms with Crippen molar-refractivity contribution in [3.63, 3.8) is 0 Å². The maximum Gasteiger partial charge on any atom is 0.228 e. The minimum atomic E-state index is 0.211. The summed E-state index contributed by atoms with van der Waals surface area (Å²) in [6.45, 7) is 6.88. The van der Waals surface area contributed by atoms with Gasteiger partial charge in [-0.2, -0.15) is 26.7 Å². The Hall–Kier alpha value is -0.790. The van der Waals surface area contributed by atoms with Crippen LogP contribution in [0.15, 0.2) is 0 Å². The summed E-state index contributed by atoms with van der Waals surface area (Å²) >= 11 is 7.88. The molecule has 6 nitrogen and oxygen atoms in total. The molecule has 19 heavy (non-hydrogen) atoms. The van der Waals surface area contributed by atoms with Crippen LogP contribution in [0.1, 0.15) is 6.92 Å². The van der Waals surface area contributed by atoms with E-state index in [1.807, 2.05) is 18.7 Å². The summed E-state index contributed by atoms with van der Waals surface area (Å²) in [5.74, 6) is 3.49. The molecule has 1 aliphatic rings. The second-order valence-corrected chi connectivity index (χ2v) is 5.73. The number of hydrogen-bond acceptors (Lipinski definition) is 7. The Morgan fingerprint density at radius 1 is 1.16 bits per heavy atom. The average Bonchev–Trinajstić information content (AvgIpc) is 2.40. The van der Waals surface area contributed by atoms with Gasteiger partial charge in [-0.3, -0.25) is 4.90 Å². The molecule has 0 atom stereocenters. The molecular formula is C11H19ClN6S. The van der Waals surface area contributed by atoms with E-state index in [1.165, 1.54) is 11.5 Å². The zero-order valence-electron chi connectivity index (χ0n) is 11.0. The molecule has 1 saturated heterocycles. The first-order chi connectivity index (χ1) is 9.28. The fourth-order valence-electron chi connectivity index (χ4n) is 1.82. The lowest BCUT2D eigenvalue weighted by Crippen LogP contribution is -2.36. The molecule has 1 fully saturated rings. The monoisotopic (exact) mass is 302 g/mol. The number of anilines is 2. The van der Waals surface area contributed by atoms with E-state index in [9.17, 15) is 0 Å². The lowest BCUT2D eigenvalue weighted by Gasteiger charge is -2.25. The third-order valence-electron chi connectivity index (χ3n) is 2.76. The fraction of sp³-hybridized carbons (Fsp3) is 0.727. The summed E-state index contributed by atoms with van der Waals surface area (Å²) < 4.78 is 0. The van der Waals surface area contributed by atoms with Crippen molar-refractivity contribution in [2.24, 2.45) is 0 Å². The van der Waals surface area contributed by atoms with Crippen LogP contribution in [0, 0.1) is 0 Å². The molecule has 0 spiro atoms. The molecule has 1 aliphatic heterocycles. The van der Waals surface area contributed by atoms with E-state index in [1.54, 1.807) is 0 Å². The maximum absolute atomic E-state index is 5.86. The van der Waals surface area contributed by atoms with Crippen LogP contribution in [-0.2, 0) is 0 Å². The Bertz CT molecular complexity index is 399. The van der Waals surface area contributed by atoms with Crippen molar-refractivity contribution < 1.29 is 0 Å². The number of hydrogen-bond donors (Lipinski definition) is 2. The van der Waals surface area contributed by atoms with Crippen LogP contribution in [0.5, 0.6) is 0 Å². The molecule has 0 bridgehead atoms. The van der Waals surface area contributed by atoms with Crippen LogP contribution in [0.4, 0.5) is 11.9 Å². The number of halogens is 1. The lowest BCUT2D eigenvalue weighted by atomic mass is 10.4. The van der Waals surface area contributed by atoms with Crippen LogP contribution >= 0.6 is 23.4 Å². The number of nitrogens with zero attached hydrogens (tertiary/aromatic N) is 4. The predicted octanol–water partition coefficient (Wildman–Crippen LogP) is 1.42. The Balaban J connectivity index is 1.81. The van der Waals surface area contributed by atoms with Gasteiger partial charge in [0.25, 0.3) is 0 Å². The SMILES string of the molecule is CCNc1nc(Cl)nc(NCCN2CCSCC2)n1. The van der Waals surface area contributed by atoms with E-state index in [4.69, 9.17) is 11.6 Å². The topological polar surface area (TPSA) is 66.0 Å². The highest BCUT2D eigenvalue weighted by molar-refractivity contribution is 7.99. The third-order valence-corrected chi connectivity index (χ3v) is 3.87. The standard InChI is InChI=1S/C11H19ClN6S/c1-2-13-10-15-9(12)16-11(17-10)14-3-4-18-5-7-19-8-6-18/h2-8H2,1H3,(H2,13,14,15,16,17). The van der Waals surface area contributed by atoms with Gasteiger partial charge in [-0.25, -0.2) is 0 Å². The van der Waals surface area contributed by atoms with E-state index >= 15 is 0 Å². The van der Waals surface area contributed by atoms with E-state index in [2.05, 4.69) is 30.5 Å². The van der Waals surface area contributed by atoms with Crippen LogP contribution < -0.4 is 10.6 Å². The highest BCUT2D eigenvalue weighted by Gasteiger charge is 2.10. The molecule has 0 aromatic carbocycles. The first kappa shape index (κ1) is 14.6. The number of rotatable bonds is 6. The van der Waals surface area contributed by atoms with Crippen molar-refractivity contribution in [2.45, 2.75) is 6.92 Å². The Kier molecular flexibility index (Phi) is 5.93. The van der Waals surface area contributed by atoms with Gasteiger partial charge in [-0.05, 0) is 18.5 Å². The molecule has 0 unspecified atom stereocenters. The predicted molar refractivity (Wildman–Crippen MR) is 81.3 cm³/mol. The van der Waals surface area contributed by atoms with E-state index < -0.39 is 0 Å². The second-order valence-electron chi connectivity index (χ2n) is 4.16. The molecule has 8 heteroatoms. The molecule has 1 aromatic heterocycles. The minimum Gasteiger partial charge on any atom is -0.354 e. The van der Waals surface area contributed by atoms with E-state index in [0.717, 1.165) is 32.7 Å². The van der Waals surface area contributed by atoms with Crippen LogP contribution in [0.25, 0.3) is 0 Å². The van der Waals surface area contributed by atoms with Gasteiger partial charge < -0.3 is 10.6 Å². The smallest absolute Gasteiger partial charge is 0.228 e. The van der Waals surface area contributed by atoms with Gasteiger partial charge in [0.1, 0.15) is 0 Å². The largest absolute Gasteiger partial charge is 0.354 e. The molecular weight excluding hydrogens is 284 g/mol. The normalized spacial score (nSPS) is 16.3. The summed E-state index contributed by atoms with van der Waals surface area (Å²) in [7, 11) is 0. The van der Waals surface area contributed by atoms with Gasteiger partial charge in [0, 0.05) is 44.2 Å². The van der Waals surface area contributed by atoms with Gasteiger partial charge in [0.05, 0.1) is 0 Å². The van der Waals surface area contributed by atoms with Gasteiger partial charge >= 0.3 is 0 Å². The molecule has 2 heterocycles. The fourth-order valence-corrected chi connectivity index (χ4v) is 2.96. The lowest BCUT2D eigenvalue weighted by molar-refractivity contribution is 0.314. The zero-order chi connectivity index (χ0) is 13.5. The molecule has 0 saturated carbocycles. The molecule has 0 aliphatic carbocycles. The van der Waals surface area contributed by atoms with E-state index in [-0.39, 0.29) is 5.28 Å². The molecule has 0 radical (unpaired) electrons. The zero-order valence-corrected chi connectivity index (χ0v) is 12.6. The van der Waals surface area contributed by atoms with Crippen LogP contribution in [0.3, 0.4) is 0 Å². The van der Waals surface area contributed by atoms with Crippen molar-refractivity contribution in [1.29, 1.82) is 0 Å². The van der Waals surface area contributed by atoms with Gasteiger partial charge in [-0.1, -0.05) is 0 Å². The van der Waals surface area contributed by atoms with Crippen molar-refractivity contribution in [3.05, 3.63) is 5.28 Å². The molecule has 2 rings (SSSR count). The van der Waals surface area contributed by atoms with Gasteiger partial charge in [0.15, 0.2) is 0 Å². The van der Waals surface area contributed by atoms with Crippen molar-refractivity contribution in [3.8, 4) is 0 Å². The highest BCUT2D eigenvalue weighted by atomic mass is 35.5. The quantitative estimate of drug-likeness (QED) is 0.824. The Morgan fingerprint density at radius 3 is 2.53 bits per heavy atom. The summed E-state index contributed by atoms with van der Waals surface area (Å²) in [5, 5.41) is 6.44. The number of aromatic nitrogens is 3. The summed E-state index contributed by atoms with van der Waals surface area (Å²) in [6.07, 6.45) is 0. The van der Waals surface area contributed by atoms with Gasteiger partial charge in [-0.15, -0.1) is 0 Å². The summed E-state index contributed by atoms with van der Waals surface area (Å²) in [5.41, 5.74) is 0.